The maximum atomic E-state index is 13.0. The third-order valence-corrected chi connectivity index (χ3v) is 4.24. The molecule has 0 aliphatic carbocycles. The number of hydrogen-bond acceptors (Lipinski definition) is 1. The number of carbonyl (C=O) groups is 1. The number of aromatic nitrogens is 1. The van der Waals surface area contributed by atoms with Crippen molar-refractivity contribution in [3.05, 3.63) is 45.8 Å². The molecular weight excluding hydrogens is 309 g/mol. The fourth-order valence-electron chi connectivity index (χ4n) is 2.29. The third kappa shape index (κ3) is 2.37. The topological polar surface area (TPSA) is 22.0 Å². The molecule has 2 nitrogen and oxygen atoms in total. The number of rotatable bonds is 3. The molecule has 0 saturated heterocycles. The first-order valence-electron chi connectivity index (χ1n) is 6.11. The van der Waals surface area contributed by atoms with Gasteiger partial charge in [0.2, 0.25) is 0 Å². The van der Waals surface area contributed by atoms with Gasteiger partial charge in [-0.1, -0.05) is 6.92 Å². The zero-order chi connectivity index (χ0) is 14.2. The van der Waals surface area contributed by atoms with Crippen molar-refractivity contribution in [3.63, 3.8) is 0 Å². The Morgan fingerprint density at radius 2 is 1.89 bits per heavy atom. The highest BCUT2D eigenvalue weighted by Gasteiger charge is 2.21. The van der Waals surface area contributed by atoms with Crippen molar-refractivity contribution >= 4 is 21.7 Å². The second-order valence-corrected chi connectivity index (χ2v) is 5.27. The molecule has 1 aromatic carbocycles. The molecule has 2 rings (SSSR count). The minimum absolute atomic E-state index is 0.0887. The summed E-state index contributed by atoms with van der Waals surface area (Å²) in [6, 6.07) is 6.31. The van der Waals surface area contributed by atoms with Gasteiger partial charge in [0, 0.05) is 17.9 Å². The van der Waals surface area contributed by atoms with Crippen LogP contribution in [0.2, 0.25) is 0 Å². The molecule has 1 aromatic heterocycles. The summed E-state index contributed by atoms with van der Waals surface area (Å²) in [6.07, 6.45) is 0.457. The summed E-state index contributed by atoms with van der Waals surface area (Å²) in [7, 11) is 1.86. The maximum Gasteiger partial charge on any atom is 0.180 e. The van der Waals surface area contributed by atoms with Gasteiger partial charge in [0.1, 0.15) is 5.82 Å². The first kappa shape index (κ1) is 14.0. The van der Waals surface area contributed by atoms with E-state index in [9.17, 15) is 9.18 Å². The van der Waals surface area contributed by atoms with Crippen molar-refractivity contribution < 1.29 is 9.18 Å². The predicted octanol–water partition coefficient (Wildman–Crippen LogP) is 4.49. The van der Waals surface area contributed by atoms with E-state index >= 15 is 0 Å². The molecule has 2 aromatic rings. The lowest BCUT2D eigenvalue weighted by Gasteiger charge is -2.07. The van der Waals surface area contributed by atoms with Crippen LogP contribution in [0.3, 0.4) is 0 Å². The van der Waals surface area contributed by atoms with E-state index in [1.807, 2.05) is 25.5 Å². The SMILES string of the molecule is CCC(=O)c1c(Br)c(C)c(-c2ccc(F)cc2)n1C. The van der Waals surface area contributed by atoms with Gasteiger partial charge in [0.25, 0.3) is 0 Å². The molecule has 0 atom stereocenters. The Hall–Kier alpha value is -1.42. The number of ketones is 1. The monoisotopic (exact) mass is 323 g/mol. The fraction of sp³-hybridized carbons (Fsp3) is 0.267. The summed E-state index contributed by atoms with van der Waals surface area (Å²) >= 11 is 3.49. The second kappa shape index (κ2) is 5.29. The molecule has 1 heterocycles. The second-order valence-electron chi connectivity index (χ2n) is 4.48. The molecule has 4 heteroatoms. The Morgan fingerprint density at radius 3 is 2.42 bits per heavy atom. The molecular formula is C15H15BrFNO. The van der Waals surface area contributed by atoms with Gasteiger partial charge in [-0.05, 0) is 58.2 Å². The van der Waals surface area contributed by atoms with E-state index in [0.717, 1.165) is 21.3 Å². The first-order chi connectivity index (χ1) is 8.97. The zero-order valence-corrected chi connectivity index (χ0v) is 12.7. The lowest BCUT2D eigenvalue weighted by atomic mass is 10.1. The van der Waals surface area contributed by atoms with Crippen LogP contribution in [0, 0.1) is 12.7 Å². The Labute approximate surface area is 120 Å². The van der Waals surface area contributed by atoms with Crippen LogP contribution in [-0.4, -0.2) is 10.4 Å². The molecule has 0 fully saturated rings. The van der Waals surface area contributed by atoms with Crippen LogP contribution >= 0.6 is 15.9 Å². The van der Waals surface area contributed by atoms with Gasteiger partial charge in [-0.15, -0.1) is 0 Å². The molecule has 0 N–H and O–H groups in total. The van der Waals surface area contributed by atoms with Crippen LogP contribution in [0.5, 0.6) is 0 Å². The molecule has 0 amide bonds. The number of halogens is 2. The Balaban J connectivity index is 2.65. The summed E-state index contributed by atoms with van der Waals surface area (Å²) in [5.74, 6) is -0.176. The lowest BCUT2D eigenvalue weighted by molar-refractivity contribution is 0.0979. The van der Waals surface area contributed by atoms with Crippen molar-refractivity contribution in [3.8, 4) is 11.3 Å². The van der Waals surface area contributed by atoms with Crippen LogP contribution in [-0.2, 0) is 7.05 Å². The Kier molecular flexibility index (Phi) is 3.90. The number of hydrogen-bond donors (Lipinski definition) is 0. The number of benzene rings is 1. The average Bonchev–Trinajstić information content (AvgIpc) is 2.61. The average molecular weight is 324 g/mol. The van der Waals surface area contributed by atoms with E-state index in [1.54, 1.807) is 12.1 Å². The summed E-state index contributed by atoms with van der Waals surface area (Å²) in [6.45, 7) is 3.80. The van der Waals surface area contributed by atoms with Gasteiger partial charge in [-0.3, -0.25) is 4.79 Å². The molecule has 0 aliphatic heterocycles. The van der Waals surface area contributed by atoms with Gasteiger partial charge in [-0.2, -0.15) is 0 Å². The van der Waals surface area contributed by atoms with Crippen molar-refractivity contribution in [2.45, 2.75) is 20.3 Å². The quantitative estimate of drug-likeness (QED) is 0.762. The minimum atomic E-state index is -0.264. The highest BCUT2D eigenvalue weighted by molar-refractivity contribution is 9.10. The summed E-state index contributed by atoms with van der Waals surface area (Å²) < 4.78 is 15.7. The Bertz CT molecular complexity index is 629. The van der Waals surface area contributed by atoms with Crippen LogP contribution in [0.15, 0.2) is 28.7 Å². The van der Waals surface area contributed by atoms with E-state index < -0.39 is 0 Å². The zero-order valence-electron chi connectivity index (χ0n) is 11.1. The number of Topliss-reactive ketones (excluding diaryl/α,β-unsaturated/α-hetero) is 1. The fourth-order valence-corrected chi connectivity index (χ4v) is 2.96. The van der Waals surface area contributed by atoms with Gasteiger partial charge < -0.3 is 4.57 Å². The molecule has 0 aliphatic rings. The number of nitrogens with zero attached hydrogens (tertiary/aromatic N) is 1. The van der Waals surface area contributed by atoms with Crippen LogP contribution in [0.1, 0.15) is 29.4 Å². The highest BCUT2D eigenvalue weighted by Crippen LogP contribution is 2.34. The molecule has 0 saturated carbocycles. The summed E-state index contributed by atoms with van der Waals surface area (Å²) in [5.41, 5.74) is 3.49. The summed E-state index contributed by atoms with van der Waals surface area (Å²) in [4.78, 5) is 12.0. The Morgan fingerprint density at radius 1 is 1.32 bits per heavy atom. The van der Waals surface area contributed by atoms with E-state index in [4.69, 9.17) is 0 Å². The molecule has 0 bridgehead atoms. The molecule has 100 valence electrons. The first-order valence-corrected chi connectivity index (χ1v) is 6.90. The molecule has 19 heavy (non-hydrogen) atoms. The largest absolute Gasteiger partial charge is 0.340 e. The predicted molar refractivity (Wildman–Crippen MR) is 77.9 cm³/mol. The van der Waals surface area contributed by atoms with Crippen LogP contribution in [0.4, 0.5) is 4.39 Å². The van der Waals surface area contributed by atoms with E-state index in [-0.39, 0.29) is 11.6 Å². The highest BCUT2D eigenvalue weighted by atomic mass is 79.9. The van der Waals surface area contributed by atoms with Gasteiger partial charge in [0.05, 0.1) is 11.4 Å². The van der Waals surface area contributed by atoms with Gasteiger partial charge in [-0.25, -0.2) is 4.39 Å². The van der Waals surface area contributed by atoms with Crippen molar-refractivity contribution in [2.24, 2.45) is 7.05 Å². The van der Waals surface area contributed by atoms with E-state index in [1.165, 1.54) is 12.1 Å². The van der Waals surface area contributed by atoms with Gasteiger partial charge >= 0.3 is 0 Å². The third-order valence-electron chi connectivity index (χ3n) is 3.27. The van der Waals surface area contributed by atoms with Crippen LogP contribution < -0.4 is 0 Å². The molecule has 0 spiro atoms. The lowest BCUT2D eigenvalue weighted by Crippen LogP contribution is -2.06. The van der Waals surface area contributed by atoms with E-state index in [2.05, 4.69) is 15.9 Å². The van der Waals surface area contributed by atoms with Crippen molar-refractivity contribution in [1.29, 1.82) is 0 Å². The standard InChI is InChI=1S/C15H15BrFNO/c1-4-12(19)15-13(16)9(2)14(18(15)3)10-5-7-11(17)8-6-10/h5-8H,4H2,1-3H3. The summed E-state index contributed by atoms with van der Waals surface area (Å²) in [5, 5.41) is 0. The molecule has 0 unspecified atom stereocenters. The number of carbonyl (C=O) groups excluding carboxylic acids is 1. The van der Waals surface area contributed by atoms with E-state index in [0.29, 0.717) is 12.1 Å². The van der Waals surface area contributed by atoms with Gasteiger partial charge in [0.15, 0.2) is 5.78 Å². The minimum Gasteiger partial charge on any atom is -0.340 e. The molecule has 0 radical (unpaired) electrons. The maximum absolute atomic E-state index is 13.0. The normalized spacial score (nSPS) is 10.8. The van der Waals surface area contributed by atoms with Crippen LogP contribution in [0.25, 0.3) is 11.3 Å². The van der Waals surface area contributed by atoms with Crippen molar-refractivity contribution in [1.82, 2.24) is 4.57 Å². The smallest absolute Gasteiger partial charge is 0.180 e. The van der Waals surface area contributed by atoms with Crippen molar-refractivity contribution in [2.75, 3.05) is 0 Å².